The van der Waals surface area contributed by atoms with Crippen LogP contribution < -0.4 is 5.19 Å². The molecule has 0 amide bonds. The van der Waals surface area contributed by atoms with Crippen LogP contribution in [0.1, 0.15) is 5.56 Å². The van der Waals surface area contributed by atoms with Crippen LogP contribution in [0, 0.1) is 0 Å². The molecule has 0 aromatic heterocycles. The van der Waals surface area contributed by atoms with E-state index in [1.807, 2.05) is 37.4 Å². The van der Waals surface area contributed by atoms with E-state index in [4.69, 9.17) is 0 Å². The summed E-state index contributed by atoms with van der Waals surface area (Å²) < 4.78 is 0. The van der Waals surface area contributed by atoms with Crippen molar-refractivity contribution >= 4 is 19.6 Å². The first-order valence-electron chi connectivity index (χ1n) is 3.99. The highest BCUT2D eigenvalue weighted by atomic mass is 28.4. The minimum Gasteiger partial charge on any atom is -0.428 e. The molecular weight excluding hydrogens is 164 g/mol. The summed E-state index contributed by atoms with van der Waals surface area (Å²) in [5.74, 6) is 0. The van der Waals surface area contributed by atoms with E-state index in [0.717, 1.165) is 10.8 Å². The van der Waals surface area contributed by atoms with E-state index in [0.29, 0.717) is 0 Å². The van der Waals surface area contributed by atoms with Gasteiger partial charge in [-0.15, -0.1) is 0 Å². The van der Waals surface area contributed by atoms with Gasteiger partial charge in [-0.1, -0.05) is 36.9 Å². The lowest BCUT2D eigenvalue weighted by atomic mass is 10.2. The van der Waals surface area contributed by atoms with Crippen molar-refractivity contribution < 1.29 is 4.80 Å². The van der Waals surface area contributed by atoms with Crippen molar-refractivity contribution in [3.63, 3.8) is 0 Å². The maximum absolute atomic E-state index is 9.81. The van der Waals surface area contributed by atoms with Crippen LogP contribution in [0.25, 0.3) is 6.08 Å². The van der Waals surface area contributed by atoms with Crippen molar-refractivity contribution in [2.75, 3.05) is 0 Å². The van der Waals surface area contributed by atoms with Crippen LogP contribution in [0.3, 0.4) is 0 Å². The van der Waals surface area contributed by atoms with E-state index in [1.54, 1.807) is 6.08 Å². The summed E-state index contributed by atoms with van der Waals surface area (Å²) in [7, 11) is -2.13. The van der Waals surface area contributed by atoms with Crippen LogP contribution >= 0.6 is 0 Å². The zero-order valence-electron chi connectivity index (χ0n) is 7.54. The normalized spacial score (nSPS) is 11.2. The monoisotopic (exact) mass is 178 g/mol. The van der Waals surface area contributed by atoms with Gasteiger partial charge in [-0.25, -0.2) is 0 Å². The third-order valence-corrected chi connectivity index (χ3v) is 3.55. The van der Waals surface area contributed by atoms with Gasteiger partial charge < -0.3 is 4.80 Å². The number of rotatable bonds is 2. The van der Waals surface area contributed by atoms with Gasteiger partial charge in [-0.3, -0.25) is 0 Å². The summed E-state index contributed by atoms with van der Waals surface area (Å²) in [6.45, 7) is 7.51. The average Bonchev–Trinajstić information content (AvgIpc) is 2.03. The maximum atomic E-state index is 9.81. The van der Waals surface area contributed by atoms with Gasteiger partial charge in [0, 0.05) is 0 Å². The molecule has 0 saturated carbocycles. The Bertz CT molecular complexity index is 286. The second-order valence-corrected chi connectivity index (χ2v) is 7.08. The second kappa shape index (κ2) is 3.25. The van der Waals surface area contributed by atoms with Gasteiger partial charge in [-0.2, -0.15) is 0 Å². The fraction of sp³-hybridized carbons (Fsp3) is 0.200. The molecule has 0 atom stereocenters. The minimum absolute atomic E-state index is 1.06. The third kappa shape index (κ3) is 2.06. The van der Waals surface area contributed by atoms with E-state index in [1.165, 1.54) is 0 Å². The summed E-state index contributed by atoms with van der Waals surface area (Å²) in [5.41, 5.74) is 1.07. The van der Waals surface area contributed by atoms with Gasteiger partial charge in [0.25, 0.3) is 0 Å². The highest BCUT2D eigenvalue weighted by Crippen LogP contribution is 2.03. The van der Waals surface area contributed by atoms with Crippen LogP contribution in [0.5, 0.6) is 0 Å². The van der Waals surface area contributed by atoms with Crippen LogP contribution in [-0.4, -0.2) is 13.1 Å². The Morgan fingerprint density at radius 2 is 2.08 bits per heavy atom. The highest BCUT2D eigenvalue weighted by molar-refractivity contribution is 6.83. The molecule has 12 heavy (non-hydrogen) atoms. The fourth-order valence-corrected chi connectivity index (χ4v) is 2.07. The average molecular weight is 178 g/mol. The first-order valence-corrected chi connectivity index (χ1v) is 6.94. The van der Waals surface area contributed by atoms with E-state index in [2.05, 4.69) is 6.58 Å². The molecule has 1 rings (SSSR count). The predicted molar refractivity (Wildman–Crippen MR) is 55.9 cm³/mol. The number of benzene rings is 1. The Balaban J connectivity index is 3.10. The molecule has 0 unspecified atom stereocenters. The van der Waals surface area contributed by atoms with Crippen molar-refractivity contribution in [3.8, 4) is 0 Å². The second-order valence-electron chi connectivity index (χ2n) is 3.39. The van der Waals surface area contributed by atoms with E-state index < -0.39 is 8.32 Å². The lowest BCUT2D eigenvalue weighted by Gasteiger charge is -2.14. The van der Waals surface area contributed by atoms with E-state index >= 15 is 0 Å². The van der Waals surface area contributed by atoms with Gasteiger partial charge in [0.05, 0.1) is 0 Å². The summed E-state index contributed by atoms with van der Waals surface area (Å²) in [6.07, 6.45) is 1.80. The number of hydrogen-bond acceptors (Lipinski definition) is 1. The molecule has 0 bridgehead atoms. The summed E-state index contributed by atoms with van der Waals surface area (Å²) in [6, 6.07) is 7.91. The standard InChI is InChI=1S/C10H14OSi/c1-4-9-6-5-7-10(8-9)12(2,3)11/h4-8,11H,1H2,2-3H3. The minimum atomic E-state index is -2.13. The van der Waals surface area contributed by atoms with Crippen molar-refractivity contribution in [3.05, 3.63) is 36.4 Å². The van der Waals surface area contributed by atoms with Crippen molar-refractivity contribution in [1.29, 1.82) is 0 Å². The van der Waals surface area contributed by atoms with Crippen molar-refractivity contribution in [1.82, 2.24) is 0 Å². The SMILES string of the molecule is C=Cc1cccc([Si](C)(C)O)c1. The van der Waals surface area contributed by atoms with Gasteiger partial charge in [0.2, 0.25) is 8.32 Å². The Labute approximate surface area is 74.5 Å². The summed E-state index contributed by atoms with van der Waals surface area (Å²) in [5, 5.41) is 1.06. The molecule has 1 aromatic rings. The molecule has 1 aromatic carbocycles. The molecule has 0 fully saturated rings. The zero-order valence-corrected chi connectivity index (χ0v) is 8.54. The van der Waals surface area contributed by atoms with Crippen molar-refractivity contribution in [2.45, 2.75) is 13.1 Å². The van der Waals surface area contributed by atoms with Crippen molar-refractivity contribution in [2.24, 2.45) is 0 Å². The Hall–Kier alpha value is -0.863. The molecule has 1 nitrogen and oxygen atoms in total. The molecule has 0 aliphatic carbocycles. The predicted octanol–water partition coefficient (Wildman–Crippen LogP) is 1.73. The smallest absolute Gasteiger partial charge is 0.213 e. The maximum Gasteiger partial charge on any atom is 0.213 e. The van der Waals surface area contributed by atoms with Gasteiger partial charge in [0.1, 0.15) is 0 Å². The molecule has 0 radical (unpaired) electrons. The molecular formula is C10H14OSi. The lowest BCUT2D eigenvalue weighted by molar-refractivity contribution is 0.568. The molecule has 64 valence electrons. The fourth-order valence-electron chi connectivity index (χ4n) is 1.05. The Morgan fingerprint density at radius 3 is 2.58 bits per heavy atom. The molecule has 0 heterocycles. The first-order chi connectivity index (χ1) is 5.54. The van der Waals surface area contributed by atoms with Crippen LogP contribution in [0.15, 0.2) is 30.8 Å². The molecule has 0 aliphatic heterocycles. The van der Waals surface area contributed by atoms with Crippen LogP contribution in [0.4, 0.5) is 0 Å². The first kappa shape index (κ1) is 9.23. The molecule has 2 heteroatoms. The third-order valence-electron chi connectivity index (χ3n) is 1.83. The highest BCUT2D eigenvalue weighted by Gasteiger charge is 2.19. The van der Waals surface area contributed by atoms with Gasteiger partial charge in [-0.05, 0) is 23.8 Å². The van der Waals surface area contributed by atoms with Gasteiger partial charge >= 0.3 is 0 Å². The molecule has 0 aliphatic rings. The summed E-state index contributed by atoms with van der Waals surface area (Å²) in [4.78, 5) is 9.81. The quantitative estimate of drug-likeness (QED) is 0.684. The molecule has 0 spiro atoms. The lowest BCUT2D eigenvalue weighted by Crippen LogP contribution is -2.41. The van der Waals surface area contributed by atoms with Crippen LogP contribution in [-0.2, 0) is 0 Å². The Morgan fingerprint density at radius 1 is 1.42 bits per heavy atom. The van der Waals surface area contributed by atoms with E-state index in [9.17, 15) is 4.80 Å². The Kier molecular flexibility index (Phi) is 2.50. The largest absolute Gasteiger partial charge is 0.428 e. The number of hydrogen-bond donors (Lipinski definition) is 1. The topological polar surface area (TPSA) is 20.2 Å². The zero-order chi connectivity index (χ0) is 9.19. The van der Waals surface area contributed by atoms with Gasteiger partial charge in [0.15, 0.2) is 0 Å². The molecule has 0 saturated heterocycles. The molecule has 1 N–H and O–H groups in total. The summed E-state index contributed by atoms with van der Waals surface area (Å²) >= 11 is 0. The van der Waals surface area contributed by atoms with E-state index in [-0.39, 0.29) is 0 Å². The van der Waals surface area contributed by atoms with Crippen LogP contribution in [0.2, 0.25) is 13.1 Å².